The molecule has 0 amide bonds. The van der Waals surface area contributed by atoms with E-state index < -0.39 is 12.4 Å². The standard InChI is InChI=1S/C8H14BF3NS.K/c1-7(9(10,11)12)5-13(2)8-3-4-14-6-8;/h8H,1,3-6H2,2H3;/q-1;+1. The summed E-state index contributed by atoms with van der Waals surface area (Å²) in [6.45, 7) is -1.82. The minimum Gasteiger partial charge on any atom is -0.445 e. The zero-order valence-electron chi connectivity index (χ0n) is 9.18. The van der Waals surface area contributed by atoms with E-state index in [4.69, 9.17) is 0 Å². The van der Waals surface area contributed by atoms with E-state index in [0.29, 0.717) is 0 Å². The summed E-state index contributed by atoms with van der Waals surface area (Å²) in [5.74, 6) is 1.99. The summed E-state index contributed by atoms with van der Waals surface area (Å²) in [5, 5.41) is 0. The summed E-state index contributed by atoms with van der Waals surface area (Å²) in [6.07, 6.45) is 0.985. The van der Waals surface area contributed by atoms with Crippen LogP contribution in [0.5, 0.6) is 0 Å². The van der Waals surface area contributed by atoms with E-state index in [1.54, 1.807) is 23.7 Å². The van der Waals surface area contributed by atoms with Crippen LogP contribution in [0, 0.1) is 0 Å². The minimum absolute atomic E-state index is 0. The van der Waals surface area contributed by atoms with Crippen LogP contribution >= 0.6 is 11.8 Å². The Labute approximate surface area is 136 Å². The van der Waals surface area contributed by atoms with Crippen LogP contribution in [0.1, 0.15) is 6.42 Å². The van der Waals surface area contributed by atoms with Crippen molar-refractivity contribution >= 4 is 18.7 Å². The topological polar surface area (TPSA) is 3.24 Å². The number of hydrogen-bond acceptors (Lipinski definition) is 2. The molecule has 1 fully saturated rings. The first kappa shape index (κ1) is 16.5. The van der Waals surface area contributed by atoms with Gasteiger partial charge in [-0.25, -0.2) is 0 Å². The molecule has 0 aromatic heterocycles. The van der Waals surface area contributed by atoms with Gasteiger partial charge in [0.15, 0.2) is 0 Å². The van der Waals surface area contributed by atoms with Crippen molar-refractivity contribution < 1.29 is 64.3 Å². The molecule has 0 N–H and O–H groups in total. The second-order valence-electron chi connectivity index (χ2n) is 3.67. The summed E-state index contributed by atoms with van der Waals surface area (Å²) in [6, 6.07) is 0.287. The van der Waals surface area contributed by atoms with Crippen LogP contribution in [0.2, 0.25) is 0 Å². The van der Waals surface area contributed by atoms with Crippen molar-refractivity contribution in [3.8, 4) is 0 Å². The van der Waals surface area contributed by atoms with Crippen LogP contribution in [-0.4, -0.2) is 43.0 Å². The maximum absolute atomic E-state index is 12.2. The largest absolute Gasteiger partial charge is 1.00 e. The normalized spacial score (nSPS) is 21.5. The molecule has 1 atom stereocenters. The molecule has 0 aromatic rings. The van der Waals surface area contributed by atoms with Crippen molar-refractivity contribution in [2.75, 3.05) is 25.1 Å². The van der Waals surface area contributed by atoms with Crippen LogP contribution in [-0.2, 0) is 0 Å². The molecule has 82 valence electrons. The average Bonchev–Trinajstić information content (AvgIpc) is 2.53. The zero-order valence-corrected chi connectivity index (χ0v) is 13.1. The monoisotopic (exact) mass is 263 g/mol. The summed E-state index contributed by atoms with van der Waals surface area (Å²) in [5.41, 5.74) is -0.593. The molecule has 0 aliphatic carbocycles. The summed E-state index contributed by atoms with van der Waals surface area (Å²) in [7, 11) is 1.74. The quantitative estimate of drug-likeness (QED) is 0.621. The van der Waals surface area contributed by atoms with Crippen molar-refractivity contribution in [2.45, 2.75) is 12.5 Å². The Bertz CT molecular complexity index is 218. The van der Waals surface area contributed by atoms with Gasteiger partial charge in [0, 0.05) is 11.8 Å². The Morgan fingerprint density at radius 3 is 2.53 bits per heavy atom. The molecule has 0 radical (unpaired) electrons. The molecule has 1 rings (SSSR count). The van der Waals surface area contributed by atoms with Crippen molar-refractivity contribution in [2.24, 2.45) is 0 Å². The van der Waals surface area contributed by atoms with E-state index in [9.17, 15) is 12.9 Å². The maximum Gasteiger partial charge on any atom is 1.00 e. The second kappa shape index (κ2) is 7.08. The number of nitrogens with zero attached hydrogens (tertiary/aromatic N) is 1. The molecule has 0 aromatic carbocycles. The molecule has 1 aliphatic rings. The van der Waals surface area contributed by atoms with Crippen molar-refractivity contribution in [1.29, 1.82) is 0 Å². The van der Waals surface area contributed by atoms with E-state index in [-0.39, 0.29) is 64.0 Å². The van der Waals surface area contributed by atoms with E-state index in [1.807, 2.05) is 0 Å². The number of rotatable bonds is 4. The van der Waals surface area contributed by atoms with Crippen LogP contribution in [0.3, 0.4) is 0 Å². The predicted octanol–water partition coefficient (Wildman–Crippen LogP) is -0.630. The first-order valence-corrected chi connectivity index (χ1v) is 5.72. The molecular formula is C8H14BF3KNS. The van der Waals surface area contributed by atoms with Crippen LogP contribution in [0.15, 0.2) is 12.1 Å². The Morgan fingerprint density at radius 1 is 1.53 bits per heavy atom. The van der Waals surface area contributed by atoms with Crippen molar-refractivity contribution in [3.63, 3.8) is 0 Å². The van der Waals surface area contributed by atoms with Gasteiger partial charge in [0.25, 0.3) is 0 Å². The smallest absolute Gasteiger partial charge is 0.445 e. The molecule has 1 saturated heterocycles. The fourth-order valence-corrected chi connectivity index (χ4v) is 2.72. The van der Waals surface area contributed by atoms with Crippen molar-refractivity contribution in [1.82, 2.24) is 4.90 Å². The van der Waals surface area contributed by atoms with Gasteiger partial charge >= 0.3 is 58.4 Å². The van der Waals surface area contributed by atoms with Crippen LogP contribution < -0.4 is 51.4 Å². The minimum atomic E-state index is -4.87. The molecule has 0 bridgehead atoms. The number of likely N-dealkylation sites (N-methyl/N-ethyl adjacent to an activating group) is 1. The van der Waals surface area contributed by atoms with Gasteiger partial charge in [-0.05, 0) is 25.8 Å². The van der Waals surface area contributed by atoms with E-state index in [1.165, 1.54) is 0 Å². The number of halogens is 3. The van der Waals surface area contributed by atoms with Gasteiger partial charge in [-0.2, -0.15) is 11.8 Å². The van der Waals surface area contributed by atoms with Crippen LogP contribution in [0.25, 0.3) is 0 Å². The third-order valence-electron chi connectivity index (χ3n) is 2.44. The summed E-state index contributed by atoms with van der Waals surface area (Å²) in [4.78, 5) is 1.76. The SMILES string of the molecule is C=C(CN(C)C1CCSC1)[B-](F)(F)F.[K+]. The number of thioether (sulfide) groups is 1. The Hall–Kier alpha value is 1.54. The first-order chi connectivity index (χ1) is 6.41. The molecule has 1 heterocycles. The Kier molecular flexibility index (Phi) is 7.81. The second-order valence-corrected chi connectivity index (χ2v) is 4.82. The third-order valence-corrected chi connectivity index (χ3v) is 3.59. The van der Waals surface area contributed by atoms with Gasteiger partial charge in [0.05, 0.1) is 0 Å². The number of hydrogen-bond donors (Lipinski definition) is 0. The molecule has 0 spiro atoms. The molecule has 1 unspecified atom stereocenters. The molecule has 0 saturated carbocycles. The fraction of sp³-hybridized carbons (Fsp3) is 0.750. The molecule has 1 aliphatic heterocycles. The van der Waals surface area contributed by atoms with E-state index in [0.717, 1.165) is 17.9 Å². The Balaban J connectivity index is 0.00000196. The summed E-state index contributed by atoms with van der Waals surface area (Å²) < 4.78 is 36.7. The van der Waals surface area contributed by atoms with Gasteiger partial charge in [-0.15, -0.1) is 12.1 Å². The maximum atomic E-state index is 12.2. The predicted molar refractivity (Wildman–Crippen MR) is 56.6 cm³/mol. The zero-order chi connectivity index (χ0) is 10.8. The molecule has 1 nitrogen and oxygen atoms in total. The van der Waals surface area contributed by atoms with Gasteiger partial charge in [0.2, 0.25) is 0 Å². The van der Waals surface area contributed by atoms with E-state index >= 15 is 0 Å². The van der Waals surface area contributed by atoms with Gasteiger partial charge in [-0.3, -0.25) is 0 Å². The van der Waals surface area contributed by atoms with Crippen LogP contribution in [0.4, 0.5) is 12.9 Å². The van der Waals surface area contributed by atoms with Gasteiger partial charge in [0.1, 0.15) is 0 Å². The van der Waals surface area contributed by atoms with E-state index in [2.05, 4.69) is 6.58 Å². The molecular weight excluding hydrogens is 249 g/mol. The third kappa shape index (κ3) is 5.61. The average molecular weight is 263 g/mol. The Morgan fingerprint density at radius 2 is 2.13 bits per heavy atom. The van der Waals surface area contributed by atoms with Gasteiger partial charge < -0.3 is 17.8 Å². The molecule has 7 heteroatoms. The first-order valence-electron chi connectivity index (χ1n) is 4.57. The fourth-order valence-electron chi connectivity index (χ4n) is 1.42. The molecule has 15 heavy (non-hydrogen) atoms. The summed E-state index contributed by atoms with van der Waals surface area (Å²) >= 11 is 1.80. The van der Waals surface area contributed by atoms with Gasteiger partial charge in [-0.1, -0.05) is 0 Å². The van der Waals surface area contributed by atoms with Crippen molar-refractivity contribution in [3.05, 3.63) is 12.1 Å².